The average molecular weight is 400 g/mol. The second kappa shape index (κ2) is 8.53. The zero-order valence-corrected chi connectivity index (χ0v) is 16.7. The maximum atomic E-state index is 9.35. The van der Waals surface area contributed by atoms with Crippen molar-refractivity contribution in [3.8, 4) is 23.5 Å². The highest BCUT2D eigenvalue weighted by molar-refractivity contribution is 5.54. The number of pyridine rings is 1. The van der Waals surface area contributed by atoms with Crippen molar-refractivity contribution in [2.45, 2.75) is 27.0 Å². The molecule has 3 heterocycles. The van der Waals surface area contributed by atoms with E-state index in [1.165, 1.54) is 11.1 Å². The Hall–Kier alpha value is -4.05. The molecule has 150 valence electrons. The predicted octanol–water partition coefficient (Wildman–Crippen LogP) is 5.01. The predicted molar refractivity (Wildman–Crippen MR) is 111 cm³/mol. The summed E-state index contributed by atoms with van der Waals surface area (Å²) in [6, 6.07) is 17.1. The lowest BCUT2D eigenvalue weighted by atomic mass is 10.1. The van der Waals surface area contributed by atoms with E-state index in [2.05, 4.69) is 22.2 Å². The molecule has 0 spiro atoms. The van der Waals surface area contributed by atoms with E-state index < -0.39 is 0 Å². The number of aromatic nitrogens is 2. The van der Waals surface area contributed by atoms with Crippen LogP contribution >= 0.6 is 0 Å². The monoisotopic (exact) mass is 400 g/mol. The number of aryl methyl sites for hydroxylation is 2. The maximum absolute atomic E-state index is 9.35. The molecule has 7 nitrogen and oxygen atoms in total. The van der Waals surface area contributed by atoms with E-state index in [0.717, 1.165) is 11.4 Å². The zero-order chi connectivity index (χ0) is 20.9. The molecule has 0 bridgehead atoms. The molecule has 3 aromatic heterocycles. The van der Waals surface area contributed by atoms with Gasteiger partial charge in [0, 0.05) is 6.20 Å². The Morgan fingerprint density at radius 2 is 1.97 bits per heavy atom. The van der Waals surface area contributed by atoms with E-state index >= 15 is 0 Å². The number of nitrogens with one attached hydrogen (secondary N) is 1. The molecule has 0 aliphatic heterocycles. The molecule has 0 unspecified atom stereocenters. The number of nitrogens with zero attached hydrogens (tertiary/aromatic N) is 3. The van der Waals surface area contributed by atoms with Gasteiger partial charge in [-0.3, -0.25) is 4.98 Å². The molecule has 1 N–H and O–H groups in total. The van der Waals surface area contributed by atoms with E-state index in [0.29, 0.717) is 18.1 Å². The highest BCUT2D eigenvalue weighted by atomic mass is 16.5. The fourth-order valence-electron chi connectivity index (χ4n) is 2.82. The van der Waals surface area contributed by atoms with Crippen molar-refractivity contribution in [2.24, 2.45) is 0 Å². The summed E-state index contributed by atoms with van der Waals surface area (Å²) in [7, 11) is 0. The third kappa shape index (κ3) is 4.33. The standard InChI is InChI=1S/C23H20N4O3/c1-15-6-7-18(11-16(15)2)28-14-19-8-9-21(29-19)23-27-20(12-24)22(30-23)26-13-17-5-3-4-10-25-17/h3-11,26H,13-14H2,1-2H3. The molecular weight excluding hydrogens is 380 g/mol. The summed E-state index contributed by atoms with van der Waals surface area (Å²) >= 11 is 0. The number of anilines is 1. The molecule has 0 amide bonds. The van der Waals surface area contributed by atoms with E-state index in [9.17, 15) is 5.26 Å². The van der Waals surface area contributed by atoms with Crippen molar-refractivity contribution >= 4 is 5.88 Å². The van der Waals surface area contributed by atoms with Gasteiger partial charge in [-0.25, -0.2) is 0 Å². The van der Waals surface area contributed by atoms with Crippen molar-refractivity contribution in [1.29, 1.82) is 5.26 Å². The van der Waals surface area contributed by atoms with Gasteiger partial charge in [-0.1, -0.05) is 12.1 Å². The van der Waals surface area contributed by atoms with Crippen LogP contribution in [0.5, 0.6) is 5.75 Å². The number of rotatable bonds is 7. The molecule has 0 atom stereocenters. The first-order valence-corrected chi connectivity index (χ1v) is 9.46. The molecule has 0 radical (unpaired) electrons. The number of oxazole rings is 1. The Labute approximate surface area is 174 Å². The summed E-state index contributed by atoms with van der Waals surface area (Å²) in [5.41, 5.74) is 3.36. The lowest BCUT2D eigenvalue weighted by Gasteiger charge is -2.06. The number of ether oxygens (including phenoxy) is 1. The molecule has 0 fully saturated rings. The largest absolute Gasteiger partial charge is 0.486 e. The topological polar surface area (TPSA) is 97.1 Å². The van der Waals surface area contributed by atoms with Gasteiger partial charge in [0.1, 0.15) is 24.2 Å². The summed E-state index contributed by atoms with van der Waals surface area (Å²) in [5.74, 6) is 2.34. The van der Waals surface area contributed by atoms with Crippen LogP contribution in [0.3, 0.4) is 0 Å². The summed E-state index contributed by atoms with van der Waals surface area (Å²) < 4.78 is 17.3. The third-order valence-corrected chi connectivity index (χ3v) is 4.62. The maximum Gasteiger partial charge on any atom is 0.266 e. The number of furan rings is 1. The quantitative estimate of drug-likeness (QED) is 0.466. The van der Waals surface area contributed by atoms with Gasteiger partial charge in [0.05, 0.1) is 12.2 Å². The van der Waals surface area contributed by atoms with Crippen molar-refractivity contribution in [1.82, 2.24) is 9.97 Å². The highest BCUT2D eigenvalue weighted by Crippen LogP contribution is 2.28. The third-order valence-electron chi connectivity index (χ3n) is 4.62. The molecule has 1 aromatic carbocycles. The molecule has 4 aromatic rings. The van der Waals surface area contributed by atoms with Crippen LogP contribution in [0.4, 0.5) is 5.88 Å². The van der Waals surface area contributed by atoms with Crippen molar-refractivity contribution < 1.29 is 13.6 Å². The fraction of sp³-hybridized carbons (Fsp3) is 0.174. The fourth-order valence-corrected chi connectivity index (χ4v) is 2.82. The first-order valence-electron chi connectivity index (χ1n) is 9.46. The van der Waals surface area contributed by atoms with Crippen molar-refractivity contribution in [3.63, 3.8) is 0 Å². The number of benzene rings is 1. The second-order valence-corrected chi connectivity index (χ2v) is 6.78. The van der Waals surface area contributed by atoms with E-state index in [-0.39, 0.29) is 24.1 Å². The Morgan fingerprint density at radius 1 is 1.07 bits per heavy atom. The molecular formula is C23H20N4O3. The summed E-state index contributed by atoms with van der Waals surface area (Å²) in [4.78, 5) is 8.45. The average Bonchev–Trinajstić information content (AvgIpc) is 3.40. The first-order chi connectivity index (χ1) is 14.6. The van der Waals surface area contributed by atoms with Gasteiger partial charge in [0.2, 0.25) is 11.6 Å². The lowest BCUT2D eigenvalue weighted by molar-refractivity contribution is 0.271. The Kier molecular flexibility index (Phi) is 5.48. The molecule has 0 aliphatic rings. The normalized spacial score (nSPS) is 10.6. The Morgan fingerprint density at radius 3 is 2.73 bits per heavy atom. The van der Waals surface area contributed by atoms with Crippen LogP contribution in [0, 0.1) is 25.2 Å². The van der Waals surface area contributed by atoms with E-state index in [4.69, 9.17) is 13.6 Å². The van der Waals surface area contributed by atoms with Gasteiger partial charge in [-0.05, 0) is 61.4 Å². The van der Waals surface area contributed by atoms with Gasteiger partial charge in [0.25, 0.3) is 5.89 Å². The number of nitriles is 1. The van der Waals surface area contributed by atoms with Gasteiger partial charge >= 0.3 is 0 Å². The molecule has 0 saturated carbocycles. The van der Waals surface area contributed by atoms with Crippen LogP contribution in [0.2, 0.25) is 0 Å². The summed E-state index contributed by atoms with van der Waals surface area (Å²) in [6.07, 6.45) is 1.71. The SMILES string of the molecule is Cc1ccc(OCc2ccc(-c3nc(C#N)c(NCc4ccccn4)o3)o2)cc1C. The Bertz CT molecular complexity index is 1190. The minimum absolute atomic E-state index is 0.158. The van der Waals surface area contributed by atoms with Crippen LogP contribution in [-0.4, -0.2) is 9.97 Å². The van der Waals surface area contributed by atoms with Crippen LogP contribution < -0.4 is 10.1 Å². The molecule has 0 aliphatic carbocycles. The van der Waals surface area contributed by atoms with Crippen molar-refractivity contribution in [2.75, 3.05) is 5.32 Å². The van der Waals surface area contributed by atoms with Crippen LogP contribution in [0.15, 0.2) is 63.6 Å². The van der Waals surface area contributed by atoms with Gasteiger partial charge < -0.3 is 18.9 Å². The van der Waals surface area contributed by atoms with Crippen molar-refractivity contribution in [3.05, 3.63) is 83.0 Å². The van der Waals surface area contributed by atoms with Crippen LogP contribution in [0.1, 0.15) is 28.3 Å². The smallest absolute Gasteiger partial charge is 0.266 e. The van der Waals surface area contributed by atoms with Crippen LogP contribution in [-0.2, 0) is 13.2 Å². The number of hydrogen-bond donors (Lipinski definition) is 1. The molecule has 7 heteroatoms. The zero-order valence-electron chi connectivity index (χ0n) is 16.7. The minimum atomic E-state index is 0.158. The van der Waals surface area contributed by atoms with Gasteiger partial charge in [0.15, 0.2) is 5.76 Å². The second-order valence-electron chi connectivity index (χ2n) is 6.78. The Balaban J connectivity index is 1.44. The lowest BCUT2D eigenvalue weighted by Crippen LogP contribution is -2.01. The minimum Gasteiger partial charge on any atom is -0.486 e. The van der Waals surface area contributed by atoms with E-state index in [1.54, 1.807) is 18.3 Å². The van der Waals surface area contributed by atoms with Gasteiger partial charge in [-0.15, -0.1) is 0 Å². The number of hydrogen-bond acceptors (Lipinski definition) is 7. The summed E-state index contributed by atoms with van der Waals surface area (Å²) in [6.45, 7) is 4.79. The summed E-state index contributed by atoms with van der Waals surface area (Å²) in [5, 5.41) is 12.4. The van der Waals surface area contributed by atoms with Gasteiger partial charge in [-0.2, -0.15) is 10.2 Å². The van der Waals surface area contributed by atoms with Crippen LogP contribution in [0.25, 0.3) is 11.7 Å². The first kappa shape index (κ1) is 19.3. The molecule has 0 saturated heterocycles. The van der Waals surface area contributed by atoms with E-state index in [1.807, 2.05) is 49.4 Å². The highest BCUT2D eigenvalue weighted by Gasteiger charge is 2.17. The molecule has 4 rings (SSSR count). The molecule has 30 heavy (non-hydrogen) atoms.